The molecule has 0 spiro atoms. The first-order chi connectivity index (χ1) is 43.8. The number of rotatable bonds is 14. The molecule has 3 atom stereocenters. The Morgan fingerprint density at radius 3 is 1.18 bits per heavy atom. The molecule has 0 saturated carbocycles. The van der Waals surface area contributed by atoms with E-state index in [4.69, 9.17) is 17.2 Å². The highest BCUT2D eigenvalue weighted by Gasteiger charge is 2.31. The number of aryl methyl sites for hydroxylation is 5. The third-order valence-corrected chi connectivity index (χ3v) is 16.8. The van der Waals surface area contributed by atoms with E-state index in [9.17, 15) is 27.6 Å². The lowest BCUT2D eigenvalue weighted by molar-refractivity contribution is -0.130. The average molecular weight is 1230 g/mol. The van der Waals surface area contributed by atoms with Crippen molar-refractivity contribution < 1.29 is 27.6 Å². The van der Waals surface area contributed by atoms with Crippen LogP contribution in [0, 0.1) is 63.9 Å². The van der Waals surface area contributed by atoms with Crippen molar-refractivity contribution in [1.29, 1.82) is 0 Å². The average Bonchev–Trinajstić information content (AvgIpc) is 1.87. The van der Waals surface area contributed by atoms with Crippen molar-refractivity contribution in [2.75, 3.05) is 56.5 Å². The van der Waals surface area contributed by atoms with Gasteiger partial charge in [-0.1, -0.05) is 0 Å². The topological polar surface area (TPSA) is 255 Å². The Labute approximate surface area is 527 Å². The summed E-state index contributed by atoms with van der Waals surface area (Å²) < 4.78 is 40.3. The summed E-state index contributed by atoms with van der Waals surface area (Å²) in [7, 11) is 0. The summed E-state index contributed by atoms with van der Waals surface area (Å²) in [5.74, 6) is 2.46. The predicted molar refractivity (Wildman–Crippen MR) is 344 cm³/mol. The number of hydrogen-bond donors (Lipinski definition) is 3. The van der Waals surface area contributed by atoms with Crippen LogP contribution in [-0.2, 0) is 46.5 Å². The van der Waals surface area contributed by atoms with Crippen molar-refractivity contribution in [3.8, 4) is 33.8 Å². The molecule has 3 aliphatic heterocycles. The highest BCUT2D eigenvalue weighted by Crippen LogP contribution is 2.31. The van der Waals surface area contributed by atoms with Gasteiger partial charge in [-0.05, 0) is 192 Å². The van der Waals surface area contributed by atoms with E-state index in [-0.39, 0.29) is 60.4 Å². The van der Waals surface area contributed by atoms with Crippen LogP contribution in [0.1, 0.15) is 87.8 Å². The highest BCUT2D eigenvalue weighted by atomic mass is 19.1. The molecule has 21 heteroatoms. The van der Waals surface area contributed by atoms with E-state index in [1.165, 1.54) is 36.4 Å². The number of anilines is 3. The molecule has 3 aromatic carbocycles. The smallest absolute Gasteiger partial charge is 0.228 e. The van der Waals surface area contributed by atoms with Crippen LogP contribution in [0.4, 0.5) is 30.2 Å². The minimum atomic E-state index is -0.287. The summed E-state index contributed by atoms with van der Waals surface area (Å²) in [6, 6.07) is 30.0. The minimum Gasteiger partial charge on any atom is -0.397 e. The predicted octanol–water partition coefficient (Wildman–Crippen LogP) is 10.1. The minimum absolute atomic E-state index is 0.00261. The molecule has 0 aliphatic carbocycles. The van der Waals surface area contributed by atoms with Crippen molar-refractivity contribution in [3.05, 3.63) is 214 Å². The van der Waals surface area contributed by atoms with Gasteiger partial charge in [-0.3, -0.25) is 29.3 Å². The van der Waals surface area contributed by atoms with Crippen LogP contribution in [0.3, 0.4) is 0 Å². The van der Waals surface area contributed by atoms with E-state index in [0.29, 0.717) is 102 Å². The molecule has 12 rings (SSSR count). The standard InChI is InChI=1S/C24H26FN5O.2C23H24FN5O/c1-14-10-18(25)4-5-19(14)21-7-6-20(26)23(29-21)12-24(31)30-9-8-17(13-30)22-11-15(2)27-16(3)28-22;2*1-15-11-17(24)3-4-18(15)20-6-5-19(25)21(28-20)13-23(30)29-10-7-16(14-29)12-22-26-8-2-9-27-22/h4-7,10-11,17H,8-9,12-13,26H2,1-3H3;2*2-6,8-9,11,16H,7,10,12-14,25H2,1H3/t;16-;/m.0./s1. The summed E-state index contributed by atoms with van der Waals surface area (Å²) in [4.78, 5) is 84.2. The summed E-state index contributed by atoms with van der Waals surface area (Å²) in [6.45, 7) is 13.5. The molecule has 9 aromatic rings. The fourth-order valence-corrected chi connectivity index (χ4v) is 11.9. The molecule has 9 heterocycles. The molecular weight excluding hydrogens is 1160 g/mol. The van der Waals surface area contributed by atoms with Crippen LogP contribution in [0.15, 0.2) is 134 Å². The van der Waals surface area contributed by atoms with Gasteiger partial charge in [0.2, 0.25) is 17.7 Å². The van der Waals surface area contributed by atoms with Crippen molar-refractivity contribution in [2.24, 2.45) is 11.8 Å². The van der Waals surface area contributed by atoms with Gasteiger partial charge < -0.3 is 31.9 Å². The molecule has 6 aromatic heterocycles. The lowest BCUT2D eigenvalue weighted by atomic mass is 10.0. The van der Waals surface area contributed by atoms with Crippen molar-refractivity contribution in [2.45, 2.75) is 91.9 Å². The van der Waals surface area contributed by atoms with Crippen LogP contribution >= 0.6 is 0 Å². The maximum Gasteiger partial charge on any atom is 0.228 e. The van der Waals surface area contributed by atoms with Gasteiger partial charge in [0.25, 0.3) is 0 Å². The van der Waals surface area contributed by atoms with Crippen LogP contribution in [-0.4, -0.2) is 117 Å². The second-order valence-electron chi connectivity index (χ2n) is 23.6. The van der Waals surface area contributed by atoms with E-state index in [1.54, 1.807) is 91.5 Å². The first-order valence-electron chi connectivity index (χ1n) is 30.5. The number of pyridine rings is 3. The number of amides is 3. The fourth-order valence-electron chi connectivity index (χ4n) is 11.9. The maximum absolute atomic E-state index is 13.5. The van der Waals surface area contributed by atoms with Crippen molar-refractivity contribution >= 4 is 34.8 Å². The normalized spacial score (nSPS) is 16.0. The number of halogens is 3. The van der Waals surface area contributed by atoms with Gasteiger partial charge in [-0.15, -0.1) is 0 Å². The molecule has 91 heavy (non-hydrogen) atoms. The Morgan fingerprint density at radius 1 is 0.451 bits per heavy atom. The third-order valence-electron chi connectivity index (χ3n) is 16.8. The lowest BCUT2D eigenvalue weighted by Crippen LogP contribution is -2.31. The Balaban J connectivity index is 0.000000150. The van der Waals surface area contributed by atoms with E-state index < -0.39 is 0 Å². The van der Waals surface area contributed by atoms with E-state index in [1.807, 2.05) is 55.4 Å². The Hall–Kier alpha value is -10.0. The first-order valence-corrected chi connectivity index (χ1v) is 30.5. The number of carbonyl (C=O) groups is 3. The number of nitrogen functional groups attached to an aromatic ring is 3. The number of nitrogens with zero attached hydrogens (tertiary/aromatic N) is 12. The van der Waals surface area contributed by atoms with Crippen molar-refractivity contribution in [3.63, 3.8) is 0 Å². The molecule has 468 valence electrons. The number of nitrogens with two attached hydrogens (primary N) is 3. The van der Waals surface area contributed by atoms with E-state index in [0.717, 1.165) is 94.3 Å². The number of hydrogen-bond acceptors (Lipinski definition) is 15. The quantitative estimate of drug-likeness (QED) is 0.0915. The van der Waals surface area contributed by atoms with Crippen LogP contribution in [0.5, 0.6) is 0 Å². The van der Waals surface area contributed by atoms with Crippen LogP contribution < -0.4 is 17.2 Å². The third kappa shape index (κ3) is 16.6. The maximum atomic E-state index is 13.5. The molecule has 2 unspecified atom stereocenters. The fraction of sp³-hybridized carbons (Fsp3) is 0.314. The van der Waals surface area contributed by atoms with Gasteiger partial charge in [-0.25, -0.2) is 43.1 Å². The van der Waals surface area contributed by atoms with E-state index >= 15 is 0 Å². The van der Waals surface area contributed by atoms with Gasteiger partial charge in [0.1, 0.15) is 34.9 Å². The molecule has 3 aliphatic rings. The second-order valence-corrected chi connectivity index (χ2v) is 23.6. The van der Waals surface area contributed by atoms with Gasteiger partial charge in [0, 0.05) is 111 Å². The molecule has 3 saturated heterocycles. The number of benzene rings is 3. The van der Waals surface area contributed by atoms with Gasteiger partial charge in [-0.2, -0.15) is 0 Å². The molecular formula is C70H74F3N15O3. The molecule has 0 radical (unpaired) electrons. The van der Waals surface area contributed by atoms with Crippen molar-refractivity contribution in [1.82, 2.24) is 59.6 Å². The largest absolute Gasteiger partial charge is 0.397 e. The molecule has 6 N–H and O–H groups in total. The highest BCUT2D eigenvalue weighted by molar-refractivity contribution is 5.82. The molecule has 0 bridgehead atoms. The molecule has 3 fully saturated rings. The number of carbonyl (C=O) groups excluding carboxylic acids is 3. The van der Waals surface area contributed by atoms with Gasteiger partial charge in [0.15, 0.2) is 0 Å². The summed E-state index contributed by atoms with van der Waals surface area (Å²) in [5, 5.41) is 0. The van der Waals surface area contributed by atoms with Gasteiger partial charge in [0.05, 0.1) is 70.5 Å². The monoisotopic (exact) mass is 1230 g/mol. The zero-order valence-corrected chi connectivity index (χ0v) is 51.8. The Morgan fingerprint density at radius 2 is 0.813 bits per heavy atom. The van der Waals surface area contributed by atoms with Crippen LogP contribution in [0.2, 0.25) is 0 Å². The summed E-state index contributed by atoms with van der Waals surface area (Å²) in [5.41, 5.74) is 30.2. The van der Waals surface area contributed by atoms with Gasteiger partial charge >= 0.3 is 0 Å². The second kappa shape index (κ2) is 29.1. The zero-order valence-electron chi connectivity index (χ0n) is 51.8. The summed E-state index contributed by atoms with van der Waals surface area (Å²) >= 11 is 0. The van der Waals surface area contributed by atoms with E-state index in [2.05, 4.69) is 44.9 Å². The molecule has 3 amide bonds. The zero-order chi connectivity index (χ0) is 64.3. The summed E-state index contributed by atoms with van der Waals surface area (Å²) in [6.07, 6.45) is 11.7. The molecule has 18 nitrogen and oxygen atoms in total. The SMILES string of the molecule is Cc1cc(C2CCN(C(=O)Cc3nc(-c4ccc(F)cc4C)ccc3N)C2)nc(C)n1.Cc1cc(F)ccc1-c1ccc(N)c(CC(=O)N2CCC(Cc3ncccn3)C2)n1.Cc1cc(F)ccc1-c1ccc(N)c(CC(=O)N2CC[C@@H](Cc3ncccn3)C2)n1. The Kier molecular flexibility index (Phi) is 20.4. The number of likely N-dealkylation sites (tertiary alicyclic amines) is 3. The van der Waals surface area contributed by atoms with Crippen LogP contribution in [0.25, 0.3) is 33.8 Å². The Bertz CT molecular complexity index is 3900. The number of aromatic nitrogens is 9. The first kappa shape index (κ1) is 64.0. The lowest BCUT2D eigenvalue weighted by Gasteiger charge is -2.17.